The van der Waals surface area contributed by atoms with Gasteiger partial charge in [-0.15, -0.1) is 0 Å². The number of oxazole rings is 1. The van der Waals surface area contributed by atoms with E-state index in [1.54, 1.807) is 6.20 Å². The molecular formula is C10H16N2O3S. The van der Waals surface area contributed by atoms with Gasteiger partial charge in [0.2, 0.25) is 5.89 Å². The van der Waals surface area contributed by atoms with Crippen LogP contribution in [-0.2, 0) is 16.3 Å². The fraction of sp³-hybridized carbons (Fsp3) is 0.700. The second kappa shape index (κ2) is 4.18. The second-order valence-electron chi connectivity index (χ2n) is 4.34. The zero-order valence-corrected chi connectivity index (χ0v) is 10.0. The van der Waals surface area contributed by atoms with Crippen LogP contribution in [0.25, 0.3) is 0 Å². The average Bonchev–Trinajstić information content (AvgIpc) is 2.70. The summed E-state index contributed by atoms with van der Waals surface area (Å²) in [5.74, 6) is 1.23. The standard InChI is InChI=1S/C10H16N2O3S/c1-7(11)5-8-6-12-10(15-8)9-3-2-4-16(9,13)14/h6-7,9H,2-5,11H2,1H3. The van der Waals surface area contributed by atoms with Crippen molar-refractivity contribution in [3.8, 4) is 0 Å². The SMILES string of the molecule is CC(N)Cc1cnc(C2CCCS2(=O)=O)o1. The van der Waals surface area contributed by atoms with E-state index in [2.05, 4.69) is 4.98 Å². The molecular weight excluding hydrogens is 228 g/mol. The van der Waals surface area contributed by atoms with Crippen LogP contribution in [0.2, 0.25) is 0 Å². The smallest absolute Gasteiger partial charge is 0.212 e. The molecule has 2 heterocycles. The molecule has 0 aliphatic carbocycles. The Kier molecular flexibility index (Phi) is 3.03. The van der Waals surface area contributed by atoms with E-state index < -0.39 is 15.1 Å². The lowest BCUT2D eigenvalue weighted by atomic mass is 10.2. The monoisotopic (exact) mass is 244 g/mol. The van der Waals surface area contributed by atoms with Crippen LogP contribution in [0.3, 0.4) is 0 Å². The van der Waals surface area contributed by atoms with Gasteiger partial charge in [-0.05, 0) is 19.8 Å². The third-order valence-corrected chi connectivity index (χ3v) is 4.86. The Balaban J connectivity index is 2.19. The number of sulfone groups is 1. The molecule has 2 unspecified atom stereocenters. The summed E-state index contributed by atoms with van der Waals surface area (Å²) < 4.78 is 28.8. The van der Waals surface area contributed by atoms with Gasteiger partial charge in [-0.1, -0.05) is 0 Å². The normalized spacial score (nSPS) is 25.8. The molecule has 2 atom stereocenters. The summed E-state index contributed by atoms with van der Waals surface area (Å²) in [7, 11) is -3.04. The fourth-order valence-electron chi connectivity index (χ4n) is 1.95. The first-order chi connectivity index (χ1) is 7.49. The second-order valence-corrected chi connectivity index (χ2v) is 6.65. The zero-order chi connectivity index (χ0) is 11.8. The van der Waals surface area contributed by atoms with Gasteiger partial charge < -0.3 is 10.2 Å². The molecule has 5 nitrogen and oxygen atoms in total. The molecule has 16 heavy (non-hydrogen) atoms. The number of hydrogen-bond donors (Lipinski definition) is 1. The van der Waals surface area contributed by atoms with Crippen molar-refractivity contribution in [1.29, 1.82) is 0 Å². The Morgan fingerprint density at radius 3 is 3.00 bits per heavy atom. The highest BCUT2D eigenvalue weighted by molar-refractivity contribution is 7.91. The molecule has 0 spiro atoms. The highest BCUT2D eigenvalue weighted by Gasteiger charge is 2.36. The minimum Gasteiger partial charge on any atom is -0.444 e. The zero-order valence-electron chi connectivity index (χ0n) is 9.22. The highest BCUT2D eigenvalue weighted by Crippen LogP contribution is 2.34. The van der Waals surface area contributed by atoms with Gasteiger partial charge in [0.05, 0.1) is 11.9 Å². The van der Waals surface area contributed by atoms with Crippen LogP contribution < -0.4 is 5.73 Å². The van der Waals surface area contributed by atoms with Gasteiger partial charge in [-0.2, -0.15) is 0 Å². The largest absolute Gasteiger partial charge is 0.444 e. The molecule has 6 heteroatoms. The number of aromatic nitrogens is 1. The molecule has 1 aliphatic rings. The number of rotatable bonds is 3. The van der Waals surface area contributed by atoms with Gasteiger partial charge in [-0.3, -0.25) is 0 Å². The van der Waals surface area contributed by atoms with Crippen molar-refractivity contribution in [2.24, 2.45) is 5.73 Å². The summed E-state index contributed by atoms with van der Waals surface area (Å²) in [4.78, 5) is 4.05. The molecule has 0 saturated carbocycles. The predicted molar refractivity (Wildman–Crippen MR) is 59.6 cm³/mol. The first-order valence-electron chi connectivity index (χ1n) is 5.41. The lowest BCUT2D eigenvalue weighted by Gasteiger charge is -2.04. The van der Waals surface area contributed by atoms with Crippen LogP contribution in [0.5, 0.6) is 0 Å². The van der Waals surface area contributed by atoms with E-state index in [9.17, 15) is 8.42 Å². The highest BCUT2D eigenvalue weighted by atomic mass is 32.2. The molecule has 0 bridgehead atoms. The quantitative estimate of drug-likeness (QED) is 0.850. The third-order valence-electron chi connectivity index (χ3n) is 2.70. The van der Waals surface area contributed by atoms with Crippen molar-refractivity contribution in [2.45, 2.75) is 37.5 Å². The minimum absolute atomic E-state index is 0.0130. The van der Waals surface area contributed by atoms with Crippen molar-refractivity contribution in [2.75, 3.05) is 5.75 Å². The lowest BCUT2D eigenvalue weighted by molar-refractivity contribution is 0.434. The Labute approximate surface area is 95.0 Å². The van der Waals surface area contributed by atoms with Crippen molar-refractivity contribution in [3.63, 3.8) is 0 Å². The topological polar surface area (TPSA) is 86.2 Å². The summed E-state index contributed by atoms with van der Waals surface area (Å²) in [5, 5.41) is -0.547. The number of nitrogens with two attached hydrogens (primary N) is 1. The van der Waals surface area contributed by atoms with Gasteiger partial charge in [0.1, 0.15) is 11.0 Å². The van der Waals surface area contributed by atoms with Gasteiger partial charge in [0, 0.05) is 12.5 Å². The Bertz CT molecular complexity index is 464. The molecule has 1 saturated heterocycles. The van der Waals surface area contributed by atoms with E-state index >= 15 is 0 Å². The third kappa shape index (κ3) is 2.27. The Morgan fingerprint density at radius 2 is 2.44 bits per heavy atom. The van der Waals surface area contributed by atoms with E-state index in [1.807, 2.05) is 6.92 Å². The van der Waals surface area contributed by atoms with Crippen molar-refractivity contribution in [1.82, 2.24) is 4.98 Å². The fourth-order valence-corrected chi connectivity index (χ4v) is 3.75. The van der Waals surface area contributed by atoms with Crippen molar-refractivity contribution >= 4 is 9.84 Å². The van der Waals surface area contributed by atoms with Crippen LogP contribution >= 0.6 is 0 Å². The molecule has 1 aliphatic heterocycles. The maximum absolute atomic E-state index is 11.7. The Morgan fingerprint density at radius 1 is 1.69 bits per heavy atom. The molecule has 2 rings (SSSR count). The van der Waals surface area contributed by atoms with Gasteiger partial charge in [0.25, 0.3) is 0 Å². The van der Waals surface area contributed by atoms with Crippen LogP contribution in [0, 0.1) is 0 Å². The lowest BCUT2D eigenvalue weighted by Crippen LogP contribution is -2.17. The van der Waals surface area contributed by atoms with Crippen molar-refractivity contribution < 1.29 is 12.8 Å². The van der Waals surface area contributed by atoms with Gasteiger partial charge in [0.15, 0.2) is 9.84 Å². The minimum atomic E-state index is -3.04. The van der Waals surface area contributed by atoms with Crippen LogP contribution in [0.15, 0.2) is 10.6 Å². The molecule has 90 valence electrons. The number of hydrogen-bond acceptors (Lipinski definition) is 5. The molecule has 2 N–H and O–H groups in total. The predicted octanol–water partition coefficient (Wildman–Crippen LogP) is 0.814. The summed E-state index contributed by atoms with van der Waals surface area (Å²) in [6, 6.07) is -0.0130. The summed E-state index contributed by atoms with van der Waals surface area (Å²) in [5.41, 5.74) is 5.63. The van der Waals surface area contributed by atoms with Crippen LogP contribution in [0.4, 0.5) is 0 Å². The van der Waals surface area contributed by atoms with Crippen LogP contribution in [-0.4, -0.2) is 25.2 Å². The summed E-state index contributed by atoms with van der Waals surface area (Å²) in [6.45, 7) is 1.87. The molecule has 1 aromatic rings. The van der Waals surface area contributed by atoms with Gasteiger partial charge >= 0.3 is 0 Å². The molecule has 0 radical (unpaired) electrons. The number of nitrogens with zero attached hydrogens (tertiary/aromatic N) is 1. The van der Waals surface area contributed by atoms with E-state index in [-0.39, 0.29) is 11.8 Å². The molecule has 1 aromatic heterocycles. The average molecular weight is 244 g/mol. The summed E-state index contributed by atoms with van der Waals surface area (Å²) in [6.07, 6.45) is 3.46. The maximum atomic E-state index is 11.7. The molecule has 0 aromatic carbocycles. The molecule has 0 amide bonds. The van der Waals surface area contributed by atoms with E-state index in [0.717, 1.165) is 0 Å². The summed E-state index contributed by atoms with van der Waals surface area (Å²) >= 11 is 0. The van der Waals surface area contributed by atoms with E-state index in [1.165, 1.54) is 0 Å². The Hall–Kier alpha value is -0.880. The van der Waals surface area contributed by atoms with E-state index in [0.29, 0.717) is 30.9 Å². The molecule has 1 fully saturated rings. The van der Waals surface area contributed by atoms with Crippen LogP contribution in [0.1, 0.15) is 36.7 Å². The van der Waals surface area contributed by atoms with Crippen molar-refractivity contribution in [3.05, 3.63) is 17.8 Å². The van der Waals surface area contributed by atoms with Gasteiger partial charge in [-0.25, -0.2) is 13.4 Å². The first kappa shape index (κ1) is 11.6. The van der Waals surface area contributed by atoms with E-state index in [4.69, 9.17) is 10.2 Å². The maximum Gasteiger partial charge on any atom is 0.212 e. The first-order valence-corrected chi connectivity index (χ1v) is 7.12.